The quantitative estimate of drug-likeness (QED) is 0.866. The number of aromatic nitrogens is 1. The van der Waals surface area contributed by atoms with Crippen LogP contribution in [0.2, 0.25) is 10.0 Å². The number of hydrogen-bond acceptors (Lipinski definition) is 3. The molecular weight excluding hydrogens is 349 g/mol. The maximum absolute atomic E-state index is 12.4. The molecule has 0 unspecified atom stereocenters. The van der Waals surface area contributed by atoms with Gasteiger partial charge in [0, 0.05) is 18.1 Å². The molecule has 2 rings (SSSR count). The Balaban J connectivity index is 2.23. The van der Waals surface area contributed by atoms with Crippen molar-refractivity contribution in [1.82, 2.24) is 9.88 Å². The van der Waals surface area contributed by atoms with Crippen LogP contribution in [0.3, 0.4) is 0 Å². The minimum atomic E-state index is -0.464. The van der Waals surface area contributed by atoms with E-state index in [-0.39, 0.29) is 17.3 Å². The summed E-state index contributed by atoms with van der Waals surface area (Å²) in [6.45, 7) is 4.93. The lowest BCUT2D eigenvalue weighted by atomic mass is 10.2. The first kappa shape index (κ1) is 18.2. The van der Waals surface area contributed by atoms with Gasteiger partial charge in [-0.3, -0.25) is 9.59 Å². The standard InChI is InChI=1S/C17H17Cl2N3O2/c1-3-22(4-2)17(24)14-7-5-6-13(20-14)16(23)21-15-10-11(18)8-9-12(15)19/h5-10H,3-4H2,1-2H3,(H,21,23). The molecule has 0 saturated heterocycles. The summed E-state index contributed by atoms with van der Waals surface area (Å²) < 4.78 is 0. The van der Waals surface area contributed by atoms with Gasteiger partial charge in [0.05, 0.1) is 10.7 Å². The van der Waals surface area contributed by atoms with Crippen molar-refractivity contribution in [3.63, 3.8) is 0 Å². The number of hydrogen-bond donors (Lipinski definition) is 1. The first-order valence-electron chi connectivity index (χ1n) is 7.49. The van der Waals surface area contributed by atoms with Crippen LogP contribution < -0.4 is 5.32 Å². The minimum Gasteiger partial charge on any atom is -0.338 e. The number of carbonyl (C=O) groups is 2. The fourth-order valence-corrected chi connectivity index (χ4v) is 2.47. The van der Waals surface area contributed by atoms with Crippen LogP contribution in [0, 0.1) is 0 Å². The molecule has 0 aliphatic heterocycles. The van der Waals surface area contributed by atoms with Gasteiger partial charge in [-0.25, -0.2) is 4.98 Å². The monoisotopic (exact) mass is 365 g/mol. The van der Waals surface area contributed by atoms with Gasteiger partial charge < -0.3 is 10.2 Å². The summed E-state index contributed by atoms with van der Waals surface area (Å²) in [5.41, 5.74) is 0.740. The topological polar surface area (TPSA) is 62.3 Å². The molecule has 0 bridgehead atoms. The SMILES string of the molecule is CCN(CC)C(=O)c1cccc(C(=O)Nc2cc(Cl)ccc2Cl)n1. The molecule has 7 heteroatoms. The van der Waals surface area contributed by atoms with E-state index >= 15 is 0 Å². The van der Waals surface area contributed by atoms with E-state index in [9.17, 15) is 9.59 Å². The second-order valence-electron chi connectivity index (χ2n) is 4.96. The molecule has 0 spiro atoms. The molecule has 0 aliphatic rings. The Kier molecular flexibility index (Phi) is 6.17. The predicted octanol–water partition coefficient (Wildman–Crippen LogP) is 4.12. The Morgan fingerprint density at radius 1 is 1.08 bits per heavy atom. The van der Waals surface area contributed by atoms with Gasteiger partial charge in [0.2, 0.25) is 0 Å². The van der Waals surface area contributed by atoms with Crippen molar-refractivity contribution in [2.24, 2.45) is 0 Å². The zero-order valence-corrected chi connectivity index (χ0v) is 14.9. The van der Waals surface area contributed by atoms with Gasteiger partial charge in [-0.1, -0.05) is 29.3 Å². The van der Waals surface area contributed by atoms with Crippen LogP contribution in [0.15, 0.2) is 36.4 Å². The average Bonchev–Trinajstić information content (AvgIpc) is 2.59. The number of carbonyl (C=O) groups excluding carboxylic acids is 2. The van der Waals surface area contributed by atoms with E-state index in [1.165, 1.54) is 6.07 Å². The first-order valence-corrected chi connectivity index (χ1v) is 8.24. The minimum absolute atomic E-state index is 0.129. The second-order valence-corrected chi connectivity index (χ2v) is 5.81. The Morgan fingerprint density at radius 2 is 1.75 bits per heavy atom. The number of amides is 2. The molecule has 0 saturated carbocycles. The molecule has 1 heterocycles. The van der Waals surface area contributed by atoms with E-state index in [0.717, 1.165) is 0 Å². The normalized spacial score (nSPS) is 10.3. The van der Waals surface area contributed by atoms with Gasteiger partial charge in [0.1, 0.15) is 11.4 Å². The van der Waals surface area contributed by atoms with Crippen molar-refractivity contribution in [2.45, 2.75) is 13.8 Å². The van der Waals surface area contributed by atoms with Crippen molar-refractivity contribution < 1.29 is 9.59 Å². The van der Waals surface area contributed by atoms with Gasteiger partial charge in [-0.05, 0) is 44.2 Å². The lowest BCUT2D eigenvalue weighted by molar-refractivity contribution is 0.0767. The summed E-state index contributed by atoms with van der Waals surface area (Å²) in [7, 11) is 0. The Labute approximate surface area is 150 Å². The number of nitrogens with zero attached hydrogens (tertiary/aromatic N) is 2. The van der Waals surface area contributed by atoms with Crippen molar-refractivity contribution in [1.29, 1.82) is 0 Å². The van der Waals surface area contributed by atoms with E-state index in [1.54, 1.807) is 35.2 Å². The third-order valence-corrected chi connectivity index (χ3v) is 3.99. The number of pyridine rings is 1. The summed E-state index contributed by atoms with van der Waals surface area (Å²) >= 11 is 11.9. The maximum Gasteiger partial charge on any atom is 0.274 e. The van der Waals surface area contributed by atoms with Gasteiger partial charge in [0.15, 0.2) is 0 Å². The Morgan fingerprint density at radius 3 is 2.42 bits per heavy atom. The molecule has 1 aromatic carbocycles. The molecular formula is C17H17Cl2N3O2. The molecule has 0 radical (unpaired) electrons. The molecule has 0 aliphatic carbocycles. The highest BCUT2D eigenvalue weighted by Crippen LogP contribution is 2.25. The number of halogens is 2. The summed E-state index contributed by atoms with van der Waals surface area (Å²) in [5.74, 6) is -0.677. The maximum atomic E-state index is 12.4. The van der Waals surface area contributed by atoms with Gasteiger partial charge in [-0.15, -0.1) is 0 Å². The smallest absolute Gasteiger partial charge is 0.274 e. The lowest BCUT2D eigenvalue weighted by Crippen LogP contribution is -2.31. The summed E-state index contributed by atoms with van der Waals surface area (Å²) in [4.78, 5) is 30.5. The van der Waals surface area contributed by atoms with Crippen molar-refractivity contribution in [3.8, 4) is 0 Å². The van der Waals surface area contributed by atoms with E-state index in [0.29, 0.717) is 28.8 Å². The number of nitrogens with one attached hydrogen (secondary N) is 1. The fourth-order valence-electron chi connectivity index (χ4n) is 2.13. The Hall–Kier alpha value is -2.11. The number of rotatable bonds is 5. The summed E-state index contributed by atoms with van der Waals surface area (Å²) in [6.07, 6.45) is 0. The highest BCUT2D eigenvalue weighted by Gasteiger charge is 2.17. The fraction of sp³-hybridized carbons (Fsp3) is 0.235. The van der Waals surface area contributed by atoms with Crippen LogP contribution in [0.25, 0.3) is 0 Å². The van der Waals surface area contributed by atoms with Gasteiger partial charge in [0.25, 0.3) is 11.8 Å². The molecule has 1 aromatic heterocycles. The molecule has 0 fully saturated rings. The summed E-state index contributed by atoms with van der Waals surface area (Å²) in [5, 5.41) is 3.46. The molecule has 24 heavy (non-hydrogen) atoms. The van der Waals surface area contributed by atoms with E-state index in [4.69, 9.17) is 23.2 Å². The zero-order valence-electron chi connectivity index (χ0n) is 13.3. The van der Waals surface area contributed by atoms with Crippen LogP contribution in [-0.4, -0.2) is 34.8 Å². The average molecular weight is 366 g/mol. The molecule has 1 N–H and O–H groups in total. The summed E-state index contributed by atoms with van der Waals surface area (Å²) in [6, 6.07) is 9.51. The van der Waals surface area contributed by atoms with Crippen molar-refractivity contribution >= 4 is 40.7 Å². The van der Waals surface area contributed by atoms with Crippen molar-refractivity contribution in [3.05, 3.63) is 57.8 Å². The third-order valence-electron chi connectivity index (χ3n) is 3.43. The molecule has 2 amide bonds. The van der Waals surface area contributed by atoms with Crippen LogP contribution >= 0.6 is 23.2 Å². The molecule has 0 atom stereocenters. The second kappa shape index (κ2) is 8.13. The highest BCUT2D eigenvalue weighted by molar-refractivity contribution is 6.35. The van der Waals surface area contributed by atoms with Crippen molar-refractivity contribution in [2.75, 3.05) is 18.4 Å². The Bertz CT molecular complexity index is 761. The highest BCUT2D eigenvalue weighted by atomic mass is 35.5. The lowest BCUT2D eigenvalue weighted by Gasteiger charge is -2.18. The van der Waals surface area contributed by atoms with Gasteiger partial charge in [-0.2, -0.15) is 0 Å². The number of benzene rings is 1. The van der Waals surface area contributed by atoms with Crippen LogP contribution in [0.5, 0.6) is 0 Å². The zero-order chi connectivity index (χ0) is 17.7. The van der Waals surface area contributed by atoms with Gasteiger partial charge >= 0.3 is 0 Å². The predicted molar refractivity (Wildman–Crippen MR) is 95.9 cm³/mol. The molecule has 5 nitrogen and oxygen atoms in total. The van der Waals surface area contributed by atoms with E-state index in [1.807, 2.05) is 13.8 Å². The third kappa shape index (κ3) is 4.24. The molecule has 126 valence electrons. The number of anilines is 1. The van der Waals surface area contributed by atoms with E-state index < -0.39 is 5.91 Å². The van der Waals surface area contributed by atoms with E-state index in [2.05, 4.69) is 10.3 Å². The van der Waals surface area contributed by atoms with Crippen LogP contribution in [0.1, 0.15) is 34.8 Å². The van der Waals surface area contributed by atoms with Crippen LogP contribution in [0.4, 0.5) is 5.69 Å². The first-order chi connectivity index (χ1) is 11.5. The largest absolute Gasteiger partial charge is 0.338 e. The molecule has 2 aromatic rings. The van der Waals surface area contributed by atoms with Crippen LogP contribution in [-0.2, 0) is 0 Å².